The van der Waals surface area contributed by atoms with Crippen molar-refractivity contribution in [2.45, 2.75) is 0 Å². The molecule has 12 heteroatoms. The predicted octanol–water partition coefficient (Wildman–Crippen LogP) is 3.43. The van der Waals surface area contributed by atoms with Gasteiger partial charge in [0.25, 0.3) is 0 Å². The number of halogens is 4. The SMILES string of the molecule is O=C(N/N=C\c1cc(Br)cc(I)c1O)C(=O)N/N=C\c1cc(Br)cc(I)c1O. The molecule has 0 spiro atoms. The lowest BCUT2D eigenvalue weighted by atomic mass is 10.2. The van der Waals surface area contributed by atoms with Crippen molar-refractivity contribution < 1.29 is 19.8 Å². The number of hydrogen-bond donors (Lipinski definition) is 4. The van der Waals surface area contributed by atoms with Gasteiger partial charge in [-0.15, -0.1) is 0 Å². The molecule has 2 aromatic carbocycles. The van der Waals surface area contributed by atoms with Gasteiger partial charge in [0.2, 0.25) is 0 Å². The van der Waals surface area contributed by atoms with Crippen molar-refractivity contribution in [1.29, 1.82) is 0 Å². The van der Waals surface area contributed by atoms with Crippen LogP contribution in [0.3, 0.4) is 0 Å². The third-order valence-corrected chi connectivity index (χ3v) is 5.62. The van der Waals surface area contributed by atoms with E-state index in [1.165, 1.54) is 12.4 Å². The first-order valence-corrected chi connectivity index (χ1v) is 11.0. The Labute approximate surface area is 203 Å². The van der Waals surface area contributed by atoms with Crippen LogP contribution in [-0.2, 0) is 9.59 Å². The molecular formula is C16H10Br2I2N4O4. The highest BCUT2D eigenvalue weighted by Gasteiger charge is 2.12. The van der Waals surface area contributed by atoms with Crippen LogP contribution in [0.1, 0.15) is 11.1 Å². The van der Waals surface area contributed by atoms with E-state index >= 15 is 0 Å². The van der Waals surface area contributed by atoms with Gasteiger partial charge in [-0.1, -0.05) is 31.9 Å². The second kappa shape index (κ2) is 10.5. The Hall–Kier alpha value is -1.26. The molecule has 146 valence electrons. The standard InChI is InChI=1S/C16H10Br2I2N4O4/c17-9-1-7(13(25)11(19)3-9)5-21-23-15(27)16(28)24-22-6-8-2-10(18)4-12(20)14(8)26/h1-6,25-26H,(H,23,27)(H,24,28)/b21-5-,22-6-. The lowest BCUT2D eigenvalue weighted by Gasteiger charge is -2.03. The maximum absolute atomic E-state index is 11.7. The second-order valence-corrected chi connectivity index (χ2v) is 9.20. The molecule has 0 radical (unpaired) electrons. The first kappa shape index (κ1) is 23.0. The molecule has 0 saturated carbocycles. The van der Waals surface area contributed by atoms with Crippen molar-refractivity contribution in [3.8, 4) is 11.5 Å². The molecule has 0 saturated heterocycles. The highest BCUT2D eigenvalue weighted by Crippen LogP contribution is 2.28. The molecule has 0 fully saturated rings. The van der Waals surface area contributed by atoms with Gasteiger partial charge in [0.15, 0.2) is 0 Å². The number of nitrogens with zero attached hydrogens (tertiary/aromatic N) is 2. The van der Waals surface area contributed by atoms with Crippen molar-refractivity contribution >= 4 is 101 Å². The van der Waals surface area contributed by atoms with Crippen molar-refractivity contribution in [1.82, 2.24) is 10.9 Å². The van der Waals surface area contributed by atoms with E-state index in [-0.39, 0.29) is 11.5 Å². The van der Waals surface area contributed by atoms with Crippen LogP contribution in [0.25, 0.3) is 0 Å². The minimum Gasteiger partial charge on any atom is -0.506 e. The van der Waals surface area contributed by atoms with Gasteiger partial charge >= 0.3 is 11.8 Å². The first-order chi connectivity index (χ1) is 13.2. The zero-order valence-electron chi connectivity index (χ0n) is 13.6. The molecule has 0 heterocycles. The summed E-state index contributed by atoms with van der Waals surface area (Å²) in [5.41, 5.74) is 4.78. The molecule has 2 amide bonds. The van der Waals surface area contributed by atoms with Crippen LogP contribution in [0.4, 0.5) is 0 Å². The van der Waals surface area contributed by atoms with Crippen molar-refractivity contribution in [2.75, 3.05) is 0 Å². The van der Waals surface area contributed by atoms with Crippen LogP contribution in [0, 0.1) is 7.14 Å². The number of amides is 2. The van der Waals surface area contributed by atoms with Crippen LogP contribution in [-0.4, -0.2) is 34.5 Å². The Bertz CT molecular complexity index is 920. The summed E-state index contributed by atoms with van der Waals surface area (Å²) in [6.45, 7) is 0. The summed E-state index contributed by atoms with van der Waals surface area (Å²) in [6, 6.07) is 6.62. The summed E-state index contributed by atoms with van der Waals surface area (Å²) in [6.07, 6.45) is 2.41. The molecule has 0 aliphatic heterocycles. The Morgan fingerprint density at radius 1 is 0.821 bits per heavy atom. The number of aromatic hydroxyl groups is 2. The molecule has 0 aliphatic carbocycles. The van der Waals surface area contributed by atoms with Crippen molar-refractivity contribution in [3.63, 3.8) is 0 Å². The van der Waals surface area contributed by atoms with E-state index in [1.54, 1.807) is 24.3 Å². The fraction of sp³-hybridized carbons (Fsp3) is 0. The van der Waals surface area contributed by atoms with Gasteiger partial charge < -0.3 is 10.2 Å². The highest BCUT2D eigenvalue weighted by atomic mass is 127. The fourth-order valence-corrected chi connectivity index (χ4v) is 4.89. The lowest BCUT2D eigenvalue weighted by Crippen LogP contribution is -2.35. The molecule has 0 aromatic heterocycles. The fourth-order valence-electron chi connectivity index (χ4n) is 1.79. The van der Waals surface area contributed by atoms with Crippen LogP contribution in [0.15, 0.2) is 43.4 Å². The van der Waals surface area contributed by atoms with Crippen molar-refractivity contribution in [2.24, 2.45) is 10.2 Å². The number of carbonyl (C=O) groups excluding carboxylic acids is 2. The van der Waals surface area contributed by atoms with Gasteiger partial charge in [-0.25, -0.2) is 10.9 Å². The van der Waals surface area contributed by atoms with E-state index in [0.717, 1.165) is 8.95 Å². The average molecular weight is 736 g/mol. The molecule has 2 aromatic rings. The first-order valence-electron chi connectivity index (χ1n) is 7.21. The van der Waals surface area contributed by atoms with Gasteiger partial charge in [0.1, 0.15) is 11.5 Å². The number of rotatable bonds is 4. The van der Waals surface area contributed by atoms with E-state index in [4.69, 9.17) is 0 Å². The molecular weight excluding hydrogens is 726 g/mol. The third kappa shape index (κ3) is 6.38. The Morgan fingerprint density at radius 2 is 1.18 bits per heavy atom. The third-order valence-electron chi connectivity index (χ3n) is 3.06. The van der Waals surface area contributed by atoms with Gasteiger partial charge in [-0.2, -0.15) is 10.2 Å². The second-order valence-electron chi connectivity index (χ2n) is 5.05. The van der Waals surface area contributed by atoms with Crippen LogP contribution < -0.4 is 10.9 Å². The Morgan fingerprint density at radius 3 is 1.54 bits per heavy atom. The Balaban J connectivity index is 1.96. The average Bonchev–Trinajstić information content (AvgIpc) is 2.62. The normalized spacial score (nSPS) is 11.1. The summed E-state index contributed by atoms with van der Waals surface area (Å²) in [5.74, 6) is -2.10. The minimum absolute atomic E-state index is 0.000637. The van der Waals surface area contributed by atoms with Gasteiger partial charge in [-0.3, -0.25) is 9.59 Å². The molecule has 4 N–H and O–H groups in total. The summed E-state index contributed by atoms with van der Waals surface area (Å²) >= 11 is 10.5. The summed E-state index contributed by atoms with van der Waals surface area (Å²) in [5, 5.41) is 27.1. The topological polar surface area (TPSA) is 123 Å². The summed E-state index contributed by atoms with van der Waals surface area (Å²) in [7, 11) is 0. The maximum Gasteiger partial charge on any atom is 0.331 e. The molecule has 28 heavy (non-hydrogen) atoms. The van der Waals surface area contributed by atoms with Crippen molar-refractivity contribution in [3.05, 3.63) is 51.5 Å². The zero-order valence-corrected chi connectivity index (χ0v) is 21.1. The van der Waals surface area contributed by atoms with E-state index in [9.17, 15) is 19.8 Å². The van der Waals surface area contributed by atoms with E-state index in [1.807, 2.05) is 56.0 Å². The smallest absolute Gasteiger partial charge is 0.331 e. The highest BCUT2D eigenvalue weighted by molar-refractivity contribution is 14.1. The number of phenolic OH excluding ortho intramolecular Hbond substituents is 2. The molecule has 0 unspecified atom stereocenters. The number of hydrazone groups is 2. The predicted molar refractivity (Wildman–Crippen MR) is 129 cm³/mol. The molecule has 8 nitrogen and oxygen atoms in total. The van der Waals surface area contributed by atoms with Gasteiger partial charge in [0, 0.05) is 20.1 Å². The van der Waals surface area contributed by atoms with Gasteiger partial charge in [-0.05, 0) is 69.4 Å². The molecule has 0 aliphatic rings. The van der Waals surface area contributed by atoms with Crippen LogP contribution >= 0.6 is 77.0 Å². The van der Waals surface area contributed by atoms with E-state index < -0.39 is 11.8 Å². The largest absolute Gasteiger partial charge is 0.506 e. The quantitative estimate of drug-likeness (QED) is 0.167. The lowest BCUT2D eigenvalue weighted by molar-refractivity contribution is -0.139. The monoisotopic (exact) mass is 734 g/mol. The Kier molecular flexibility index (Phi) is 8.63. The molecule has 0 bridgehead atoms. The van der Waals surface area contributed by atoms with Crippen LogP contribution in [0.5, 0.6) is 11.5 Å². The van der Waals surface area contributed by atoms with E-state index in [0.29, 0.717) is 18.3 Å². The molecule has 0 atom stereocenters. The van der Waals surface area contributed by atoms with Crippen LogP contribution in [0.2, 0.25) is 0 Å². The zero-order chi connectivity index (χ0) is 20.8. The minimum atomic E-state index is -1.05. The number of hydrogen-bond acceptors (Lipinski definition) is 6. The van der Waals surface area contributed by atoms with Gasteiger partial charge in [0.05, 0.1) is 19.6 Å². The molecule has 2 rings (SSSR count). The number of nitrogens with one attached hydrogen (secondary N) is 2. The maximum atomic E-state index is 11.7. The summed E-state index contributed by atoms with van der Waals surface area (Å²) < 4.78 is 2.63. The number of benzene rings is 2. The summed E-state index contributed by atoms with van der Waals surface area (Å²) in [4.78, 5) is 23.5. The van der Waals surface area contributed by atoms with E-state index in [2.05, 4.69) is 42.1 Å². The number of phenols is 2. The number of carbonyl (C=O) groups is 2.